The topological polar surface area (TPSA) is 78.6 Å². The molecule has 0 fully saturated rings. The van der Waals surface area contributed by atoms with Crippen molar-refractivity contribution in [2.75, 3.05) is 12.3 Å². The molecule has 1 aromatic rings. The lowest BCUT2D eigenvalue weighted by molar-refractivity contribution is -0.153. The van der Waals surface area contributed by atoms with E-state index in [-0.39, 0.29) is 6.61 Å². The number of rotatable bonds is 5. The minimum Gasteiger partial charge on any atom is -0.463 e. The molecule has 5 nitrogen and oxygen atoms in total. The van der Waals surface area contributed by atoms with Gasteiger partial charge in [0.25, 0.3) is 0 Å². The molecule has 5 heteroatoms. The van der Waals surface area contributed by atoms with Crippen LogP contribution in [0.5, 0.6) is 0 Å². The number of nitrogens with two attached hydrogens (primary N) is 1. The van der Waals surface area contributed by atoms with Gasteiger partial charge in [-0.1, -0.05) is 19.1 Å². The number of hydrogen-bond donors (Lipinski definition) is 1. The van der Waals surface area contributed by atoms with Crippen molar-refractivity contribution in [3.05, 3.63) is 29.3 Å². The molecule has 1 atom stereocenters. The third kappa shape index (κ3) is 3.71. The molecular weight excluding hydrogens is 246 g/mol. The van der Waals surface area contributed by atoms with Crippen LogP contribution in [-0.4, -0.2) is 24.6 Å². The van der Waals surface area contributed by atoms with Crippen LogP contribution in [0.3, 0.4) is 0 Å². The van der Waals surface area contributed by atoms with E-state index in [9.17, 15) is 9.59 Å². The molecule has 0 aliphatic carbocycles. The van der Waals surface area contributed by atoms with Crippen LogP contribution < -0.4 is 5.73 Å². The summed E-state index contributed by atoms with van der Waals surface area (Å²) in [5, 5.41) is 0. The molecule has 0 heterocycles. The summed E-state index contributed by atoms with van der Waals surface area (Å²) in [5.41, 5.74) is 7.10. The Morgan fingerprint density at radius 2 is 2.00 bits per heavy atom. The molecule has 1 rings (SSSR count). The maximum absolute atomic E-state index is 12.1. The third-order valence-corrected chi connectivity index (χ3v) is 2.68. The first kappa shape index (κ1) is 15.0. The summed E-state index contributed by atoms with van der Waals surface area (Å²) in [7, 11) is 0. The average molecular weight is 265 g/mol. The number of carbonyl (C=O) groups excluding carboxylic acids is 2. The van der Waals surface area contributed by atoms with E-state index in [2.05, 4.69) is 0 Å². The molecule has 0 spiro atoms. The molecule has 0 saturated carbocycles. The van der Waals surface area contributed by atoms with Gasteiger partial charge in [0.1, 0.15) is 0 Å². The van der Waals surface area contributed by atoms with E-state index >= 15 is 0 Å². The van der Waals surface area contributed by atoms with E-state index < -0.39 is 18.0 Å². The molecule has 2 N–H and O–H groups in total. The highest BCUT2D eigenvalue weighted by Gasteiger charge is 2.24. The lowest BCUT2D eigenvalue weighted by Gasteiger charge is -2.16. The zero-order valence-corrected chi connectivity index (χ0v) is 11.4. The van der Waals surface area contributed by atoms with Crippen molar-refractivity contribution in [2.45, 2.75) is 33.3 Å². The van der Waals surface area contributed by atoms with Gasteiger partial charge in [-0.2, -0.15) is 0 Å². The molecule has 104 valence electrons. The smallest absolute Gasteiger partial charge is 0.347 e. The van der Waals surface area contributed by atoms with Crippen LogP contribution in [-0.2, 0) is 14.3 Å². The fraction of sp³-hybridized carbons (Fsp3) is 0.429. The Bertz CT molecular complexity index is 450. The summed E-state index contributed by atoms with van der Waals surface area (Å²) in [4.78, 5) is 23.6. The molecule has 0 radical (unpaired) electrons. The van der Waals surface area contributed by atoms with Gasteiger partial charge in [0.2, 0.25) is 0 Å². The Morgan fingerprint density at radius 1 is 1.32 bits per heavy atom. The highest BCUT2D eigenvalue weighted by Crippen LogP contribution is 2.18. The first-order valence-electron chi connectivity index (χ1n) is 6.23. The second kappa shape index (κ2) is 6.78. The highest BCUT2D eigenvalue weighted by atomic mass is 16.6. The number of benzene rings is 1. The summed E-state index contributed by atoms with van der Waals surface area (Å²) in [6.45, 7) is 5.46. The van der Waals surface area contributed by atoms with Gasteiger partial charge in [0.15, 0.2) is 6.10 Å². The van der Waals surface area contributed by atoms with Gasteiger partial charge in [0.05, 0.1) is 12.2 Å². The maximum atomic E-state index is 12.1. The van der Waals surface area contributed by atoms with Crippen molar-refractivity contribution in [3.8, 4) is 0 Å². The quantitative estimate of drug-likeness (QED) is 0.651. The zero-order chi connectivity index (χ0) is 14.4. The van der Waals surface area contributed by atoms with Gasteiger partial charge in [-0.25, -0.2) is 9.59 Å². The average Bonchev–Trinajstić information content (AvgIpc) is 2.35. The number of anilines is 1. The Morgan fingerprint density at radius 3 is 2.53 bits per heavy atom. The standard InChI is InChI=1S/C14H19NO4/c1-4-11(13(16)18-5-2)19-14(17)12-9(3)7-6-8-10(12)15/h6-8,11H,4-5,15H2,1-3H3. The largest absolute Gasteiger partial charge is 0.463 e. The monoisotopic (exact) mass is 265 g/mol. The fourth-order valence-corrected chi connectivity index (χ4v) is 1.69. The van der Waals surface area contributed by atoms with E-state index in [4.69, 9.17) is 15.2 Å². The number of nitrogen functional groups attached to an aromatic ring is 1. The van der Waals surface area contributed by atoms with Crippen molar-refractivity contribution >= 4 is 17.6 Å². The molecule has 0 aliphatic heterocycles. The second-order valence-electron chi connectivity index (χ2n) is 4.09. The summed E-state index contributed by atoms with van der Waals surface area (Å²) in [5.74, 6) is -1.14. The van der Waals surface area contributed by atoms with Crippen molar-refractivity contribution < 1.29 is 19.1 Å². The molecule has 19 heavy (non-hydrogen) atoms. The number of hydrogen-bond acceptors (Lipinski definition) is 5. The number of esters is 2. The molecular formula is C14H19NO4. The van der Waals surface area contributed by atoms with Crippen LogP contribution >= 0.6 is 0 Å². The molecule has 0 saturated heterocycles. The Hall–Kier alpha value is -2.04. The maximum Gasteiger partial charge on any atom is 0.347 e. The summed E-state index contributed by atoms with van der Waals surface area (Å²) in [6, 6.07) is 5.14. The van der Waals surface area contributed by atoms with E-state index in [1.165, 1.54) is 0 Å². The van der Waals surface area contributed by atoms with E-state index in [1.807, 2.05) is 0 Å². The Labute approximate surface area is 112 Å². The fourth-order valence-electron chi connectivity index (χ4n) is 1.69. The van der Waals surface area contributed by atoms with Gasteiger partial charge < -0.3 is 15.2 Å². The predicted octanol–water partition coefficient (Wildman–Crippen LogP) is 2.08. The van der Waals surface area contributed by atoms with Crippen LogP contribution in [0.25, 0.3) is 0 Å². The molecule has 0 amide bonds. The molecule has 1 aromatic carbocycles. The normalized spacial score (nSPS) is 11.7. The van der Waals surface area contributed by atoms with Gasteiger partial charge in [-0.3, -0.25) is 0 Å². The predicted molar refractivity (Wildman–Crippen MR) is 71.7 cm³/mol. The Kier molecular flexibility index (Phi) is 5.36. The summed E-state index contributed by atoms with van der Waals surface area (Å²) < 4.78 is 10.0. The second-order valence-corrected chi connectivity index (χ2v) is 4.09. The molecule has 0 aromatic heterocycles. The minimum atomic E-state index is -0.897. The highest BCUT2D eigenvalue weighted by molar-refractivity contribution is 5.97. The first-order chi connectivity index (χ1) is 9.01. The van der Waals surface area contributed by atoms with E-state index in [0.29, 0.717) is 23.2 Å². The van der Waals surface area contributed by atoms with Crippen molar-refractivity contribution in [2.24, 2.45) is 0 Å². The van der Waals surface area contributed by atoms with Crippen molar-refractivity contribution in [1.82, 2.24) is 0 Å². The number of aryl methyl sites for hydroxylation is 1. The molecule has 1 unspecified atom stereocenters. The lowest BCUT2D eigenvalue weighted by Crippen LogP contribution is -2.29. The van der Waals surface area contributed by atoms with Crippen LogP contribution in [0.2, 0.25) is 0 Å². The summed E-state index contributed by atoms with van der Waals surface area (Å²) >= 11 is 0. The van der Waals surface area contributed by atoms with E-state index in [0.717, 1.165) is 0 Å². The van der Waals surface area contributed by atoms with Crippen molar-refractivity contribution in [1.29, 1.82) is 0 Å². The summed E-state index contributed by atoms with van der Waals surface area (Å²) in [6.07, 6.45) is -0.539. The van der Waals surface area contributed by atoms with E-state index in [1.54, 1.807) is 39.0 Å². The van der Waals surface area contributed by atoms with Gasteiger partial charge in [0, 0.05) is 5.69 Å². The van der Waals surface area contributed by atoms with Gasteiger partial charge >= 0.3 is 11.9 Å². The van der Waals surface area contributed by atoms with Crippen molar-refractivity contribution in [3.63, 3.8) is 0 Å². The molecule has 0 bridgehead atoms. The number of carbonyl (C=O) groups is 2. The van der Waals surface area contributed by atoms with Crippen LogP contribution in [0, 0.1) is 6.92 Å². The van der Waals surface area contributed by atoms with Crippen LogP contribution in [0.15, 0.2) is 18.2 Å². The Balaban J connectivity index is 2.86. The SMILES string of the molecule is CCOC(=O)C(CC)OC(=O)c1c(C)cccc1N. The first-order valence-corrected chi connectivity index (χ1v) is 6.23. The third-order valence-electron chi connectivity index (χ3n) is 2.68. The number of ether oxygens (including phenoxy) is 2. The van der Waals surface area contributed by atoms with Crippen LogP contribution in [0.4, 0.5) is 5.69 Å². The van der Waals surface area contributed by atoms with Gasteiger partial charge in [-0.05, 0) is 31.9 Å². The van der Waals surface area contributed by atoms with Gasteiger partial charge in [-0.15, -0.1) is 0 Å². The lowest BCUT2D eigenvalue weighted by atomic mass is 10.1. The zero-order valence-electron chi connectivity index (χ0n) is 11.4. The molecule has 0 aliphatic rings. The minimum absolute atomic E-state index is 0.249. The van der Waals surface area contributed by atoms with Crippen LogP contribution in [0.1, 0.15) is 36.2 Å².